The smallest absolute Gasteiger partial charge is 0.269 e. The average molecular weight is 446 g/mol. The van der Waals surface area contributed by atoms with Gasteiger partial charge in [-0.1, -0.05) is 13.0 Å². The van der Waals surface area contributed by atoms with Crippen molar-refractivity contribution in [1.82, 2.24) is 14.3 Å². The topological polar surface area (TPSA) is 99.8 Å². The molecule has 0 fully saturated rings. The first-order valence-electron chi connectivity index (χ1n) is 10.2. The Labute approximate surface area is 187 Å². The molecule has 7 nitrogen and oxygen atoms in total. The number of hydrogen-bond acceptors (Lipinski definition) is 6. The standard InChI is InChI=1S/C24H23N5O2S/c1-3-18-11-17(13-25)6-9-23(18)28-20-7-8-22-19(14-26-2)16-29(24(22)12-20)32(30,31)21-5-4-10-27-15-21/h4-12,15-16,26,28H,3,14H2,1-2H3. The van der Waals surface area contributed by atoms with Crippen molar-refractivity contribution in [3.8, 4) is 6.07 Å². The van der Waals surface area contributed by atoms with E-state index in [1.807, 2.05) is 44.3 Å². The Morgan fingerprint density at radius 3 is 2.66 bits per heavy atom. The molecule has 0 bridgehead atoms. The number of pyridine rings is 1. The molecule has 0 radical (unpaired) electrons. The molecule has 2 aromatic heterocycles. The van der Waals surface area contributed by atoms with Crippen LogP contribution >= 0.6 is 0 Å². The molecule has 0 saturated carbocycles. The van der Waals surface area contributed by atoms with Crippen LogP contribution in [0.25, 0.3) is 10.9 Å². The average Bonchev–Trinajstić information content (AvgIpc) is 3.18. The van der Waals surface area contributed by atoms with E-state index in [0.29, 0.717) is 17.6 Å². The van der Waals surface area contributed by atoms with Gasteiger partial charge in [0.1, 0.15) is 4.90 Å². The van der Waals surface area contributed by atoms with Gasteiger partial charge in [0.05, 0.1) is 17.1 Å². The number of anilines is 2. The molecule has 0 amide bonds. The number of rotatable bonds is 7. The van der Waals surface area contributed by atoms with Gasteiger partial charge >= 0.3 is 0 Å². The number of nitriles is 1. The molecule has 4 aromatic rings. The second kappa shape index (κ2) is 8.83. The molecule has 8 heteroatoms. The van der Waals surface area contributed by atoms with Crippen LogP contribution in [0.2, 0.25) is 0 Å². The summed E-state index contributed by atoms with van der Waals surface area (Å²) in [7, 11) is -1.99. The summed E-state index contributed by atoms with van der Waals surface area (Å²) < 4.78 is 28.0. The maximum atomic E-state index is 13.4. The highest BCUT2D eigenvalue weighted by Gasteiger charge is 2.21. The van der Waals surface area contributed by atoms with E-state index in [-0.39, 0.29) is 4.90 Å². The quantitative estimate of drug-likeness (QED) is 0.443. The van der Waals surface area contributed by atoms with Gasteiger partial charge < -0.3 is 10.6 Å². The van der Waals surface area contributed by atoms with Gasteiger partial charge in [0.25, 0.3) is 10.0 Å². The third-order valence-corrected chi connectivity index (χ3v) is 6.96. The van der Waals surface area contributed by atoms with Gasteiger partial charge in [-0.2, -0.15) is 5.26 Å². The summed E-state index contributed by atoms with van der Waals surface area (Å²) in [5.41, 5.74) is 4.72. The lowest BCUT2D eigenvalue weighted by molar-refractivity contribution is 0.588. The lowest BCUT2D eigenvalue weighted by atomic mass is 10.1. The molecule has 0 aliphatic carbocycles. The fraction of sp³-hybridized carbons (Fsp3) is 0.167. The number of nitrogens with zero attached hydrogens (tertiary/aromatic N) is 3. The molecule has 2 heterocycles. The Bertz CT molecular complexity index is 1420. The monoisotopic (exact) mass is 445 g/mol. The maximum Gasteiger partial charge on any atom is 0.269 e. The van der Waals surface area contributed by atoms with Gasteiger partial charge in [0, 0.05) is 41.9 Å². The Balaban J connectivity index is 1.83. The first-order valence-corrected chi connectivity index (χ1v) is 11.7. The minimum atomic E-state index is -3.81. The van der Waals surface area contributed by atoms with Crippen LogP contribution in [0.3, 0.4) is 0 Å². The molecule has 162 valence electrons. The Morgan fingerprint density at radius 2 is 1.97 bits per heavy atom. The Kier molecular flexibility index (Phi) is 5.95. The van der Waals surface area contributed by atoms with Crippen LogP contribution in [0.15, 0.2) is 72.0 Å². The van der Waals surface area contributed by atoms with Crippen LogP contribution < -0.4 is 10.6 Å². The summed E-state index contributed by atoms with van der Waals surface area (Å²) in [5.74, 6) is 0. The van der Waals surface area contributed by atoms with Crippen molar-refractivity contribution in [2.75, 3.05) is 12.4 Å². The van der Waals surface area contributed by atoms with Gasteiger partial charge in [0.15, 0.2) is 0 Å². The Morgan fingerprint density at radius 1 is 1.12 bits per heavy atom. The van der Waals surface area contributed by atoms with Crippen molar-refractivity contribution in [1.29, 1.82) is 5.26 Å². The fourth-order valence-corrected chi connectivity index (χ4v) is 5.07. The minimum absolute atomic E-state index is 0.131. The number of benzene rings is 2. The zero-order valence-corrected chi connectivity index (χ0v) is 18.6. The highest BCUT2D eigenvalue weighted by molar-refractivity contribution is 7.90. The first kappa shape index (κ1) is 21.6. The third kappa shape index (κ3) is 3.96. The molecule has 0 aliphatic heterocycles. The second-order valence-electron chi connectivity index (χ2n) is 7.37. The van der Waals surface area contributed by atoms with Crippen molar-refractivity contribution in [3.05, 3.63) is 83.8 Å². The van der Waals surface area contributed by atoms with Gasteiger partial charge in [-0.05, 0) is 67.1 Å². The lowest BCUT2D eigenvalue weighted by Crippen LogP contribution is -2.12. The SMILES string of the molecule is CCc1cc(C#N)ccc1Nc1ccc2c(CNC)cn(S(=O)(=O)c3cccnc3)c2c1. The number of fused-ring (bicyclic) bond motifs is 1. The summed E-state index contributed by atoms with van der Waals surface area (Å²) >= 11 is 0. The van der Waals surface area contributed by atoms with E-state index in [9.17, 15) is 8.42 Å². The summed E-state index contributed by atoms with van der Waals surface area (Å²) in [5, 5.41) is 16.5. The first-order chi connectivity index (χ1) is 15.5. The van der Waals surface area contributed by atoms with Crippen LogP contribution in [-0.4, -0.2) is 24.4 Å². The molecule has 4 rings (SSSR count). The summed E-state index contributed by atoms with van der Waals surface area (Å²) in [4.78, 5) is 4.10. The van der Waals surface area contributed by atoms with Gasteiger partial charge in [-0.3, -0.25) is 4.98 Å². The number of aryl methyl sites for hydroxylation is 1. The van der Waals surface area contributed by atoms with Crippen molar-refractivity contribution in [2.45, 2.75) is 24.8 Å². The molecule has 0 unspecified atom stereocenters. The molecule has 32 heavy (non-hydrogen) atoms. The highest BCUT2D eigenvalue weighted by Crippen LogP contribution is 2.30. The normalized spacial score (nSPS) is 11.4. The number of nitrogens with one attached hydrogen (secondary N) is 2. The lowest BCUT2D eigenvalue weighted by Gasteiger charge is -2.13. The predicted octanol–water partition coefficient (Wildman–Crippen LogP) is 4.17. The Hall–Kier alpha value is -3.67. The maximum absolute atomic E-state index is 13.4. The molecule has 2 aromatic carbocycles. The molecule has 2 N–H and O–H groups in total. The minimum Gasteiger partial charge on any atom is -0.355 e. The van der Waals surface area contributed by atoms with Gasteiger partial charge in [0.2, 0.25) is 0 Å². The van der Waals surface area contributed by atoms with Crippen LogP contribution in [0.5, 0.6) is 0 Å². The van der Waals surface area contributed by atoms with E-state index >= 15 is 0 Å². The van der Waals surface area contributed by atoms with Crippen LogP contribution in [0.1, 0.15) is 23.6 Å². The summed E-state index contributed by atoms with van der Waals surface area (Å²) in [6, 6.07) is 16.5. The molecular formula is C24H23N5O2S. The van der Waals surface area contributed by atoms with Crippen LogP contribution in [-0.2, 0) is 23.0 Å². The van der Waals surface area contributed by atoms with E-state index in [4.69, 9.17) is 5.26 Å². The van der Waals surface area contributed by atoms with Gasteiger partial charge in [-0.25, -0.2) is 12.4 Å². The van der Waals surface area contributed by atoms with Crippen molar-refractivity contribution in [3.63, 3.8) is 0 Å². The highest BCUT2D eigenvalue weighted by atomic mass is 32.2. The summed E-state index contributed by atoms with van der Waals surface area (Å²) in [6.07, 6.45) is 5.32. The van der Waals surface area contributed by atoms with Gasteiger partial charge in [-0.15, -0.1) is 0 Å². The third-order valence-electron chi connectivity index (χ3n) is 5.31. The molecular weight excluding hydrogens is 422 g/mol. The van der Waals surface area contributed by atoms with E-state index in [0.717, 1.165) is 34.3 Å². The van der Waals surface area contributed by atoms with E-state index in [1.165, 1.54) is 16.2 Å². The molecule has 0 atom stereocenters. The zero-order valence-electron chi connectivity index (χ0n) is 17.8. The van der Waals surface area contributed by atoms with E-state index in [1.54, 1.807) is 24.5 Å². The fourth-order valence-electron chi connectivity index (χ4n) is 3.72. The van der Waals surface area contributed by atoms with Crippen molar-refractivity contribution in [2.24, 2.45) is 0 Å². The van der Waals surface area contributed by atoms with E-state index in [2.05, 4.69) is 21.7 Å². The molecule has 0 aliphatic rings. The van der Waals surface area contributed by atoms with Crippen LogP contribution in [0, 0.1) is 11.3 Å². The molecule has 0 saturated heterocycles. The van der Waals surface area contributed by atoms with Crippen molar-refractivity contribution >= 4 is 32.3 Å². The summed E-state index contributed by atoms with van der Waals surface area (Å²) in [6.45, 7) is 2.56. The van der Waals surface area contributed by atoms with Crippen LogP contribution in [0.4, 0.5) is 11.4 Å². The van der Waals surface area contributed by atoms with Crippen molar-refractivity contribution < 1.29 is 8.42 Å². The number of hydrogen-bond donors (Lipinski definition) is 2. The second-order valence-corrected chi connectivity index (χ2v) is 9.18. The molecule has 0 spiro atoms. The van der Waals surface area contributed by atoms with E-state index < -0.39 is 10.0 Å². The number of aromatic nitrogens is 2. The zero-order chi connectivity index (χ0) is 22.7. The largest absolute Gasteiger partial charge is 0.355 e. The predicted molar refractivity (Wildman–Crippen MR) is 125 cm³/mol.